The molecule has 2 aromatic carbocycles. The van der Waals surface area contributed by atoms with E-state index in [2.05, 4.69) is 5.32 Å². The Kier molecular flexibility index (Phi) is 7.44. The smallest absolute Gasteiger partial charge is 0.246 e. The molecule has 2 fully saturated rings. The average Bonchev–Trinajstić information content (AvgIpc) is 3.39. The van der Waals surface area contributed by atoms with Gasteiger partial charge in [-0.2, -0.15) is 0 Å². The van der Waals surface area contributed by atoms with E-state index in [1.165, 1.54) is 0 Å². The quantitative estimate of drug-likeness (QED) is 0.425. The minimum absolute atomic E-state index is 0.0330. The molecule has 0 spiro atoms. The van der Waals surface area contributed by atoms with Gasteiger partial charge in [-0.3, -0.25) is 19.5 Å². The molecule has 194 valence electrons. The second-order valence-corrected chi connectivity index (χ2v) is 9.92. The first kappa shape index (κ1) is 24.9. The fourth-order valence-corrected chi connectivity index (χ4v) is 5.00. The highest BCUT2D eigenvalue weighted by molar-refractivity contribution is 5.94. The number of methoxy groups -OCH3 is 2. The van der Waals surface area contributed by atoms with Crippen LogP contribution in [0.1, 0.15) is 38.5 Å². The van der Waals surface area contributed by atoms with Crippen molar-refractivity contribution in [1.82, 2.24) is 14.5 Å². The molecule has 2 aliphatic rings. The summed E-state index contributed by atoms with van der Waals surface area (Å²) in [5.74, 6) is 2.00. The molecule has 2 aliphatic carbocycles. The van der Waals surface area contributed by atoms with Crippen molar-refractivity contribution in [1.29, 1.82) is 0 Å². The number of carbonyl (C=O) groups excluding carboxylic acids is 2. The maximum atomic E-state index is 13.3. The molecule has 2 saturated carbocycles. The Labute approximate surface area is 217 Å². The molecule has 2 amide bonds. The zero-order valence-corrected chi connectivity index (χ0v) is 21.5. The topological polar surface area (TPSA) is 85.7 Å². The average molecular weight is 503 g/mol. The van der Waals surface area contributed by atoms with Crippen LogP contribution in [-0.2, 0) is 9.59 Å². The Hall–Kier alpha value is -3.81. The Bertz CT molecular complexity index is 1250. The van der Waals surface area contributed by atoms with E-state index in [1.807, 2.05) is 59.3 Å². The van der Waals surface area contributed by atoms with Gasteiger partial charge in [-0.25, -0.2) is 4.98 Å². The van der Waals surface area contributed by atoms with Gasteiger partial charge < -0.3 is 14.4 Å². The summed E-state index contributed by atoms with van der Waals surface area (Å²) in [6, 6.07) is 15.4. The number of benzene rings is 2. The maximum Gasteiger partial charge on any atom is 0.246 e. The lowest BCUT2D eigenvalue weighted by atomic mass is 10.1. The highest BCUT2D eigenvalue weighted by Gasteiger charge is 2.33. The Morgan fingerprint density at radius 3 is 2.41 bits per heavy atom. The van der Waals surface area contributed by atoms with E-state index in [1.54, 1.807) is 19.1 Å². The van der Waals surface area contributed by atoms with Crippen LogP contribution < -0.4 is 14.8 Å². The first-order chi connectivity index (χ1) is 18.1. The number of rotatable bonds is 10. The summed E-state index contributed by atoms with van der Waals surface area (Å²) < 4.78 is 12.7. The van der Waals surface area contributed by atoms with E-state index >= 15 is 0 Å². The van der Waals surface area contributed by atoms with Gasteiger partial charge in [0, 0.05) is 30.3 Å². The van der Waals surface area contributed by atoms with Crippen LogP contribution in [0, 0.1) is 11.8 Å². The molecule has 8 nitrogen and oxygen atoms in total. The van der Waals surface area contributed by atoms with E-state index in [0.717, 1.165) is 55.5 Å². The predicted molar refractivity (Wildman–Crippen MR) is 142 cm³/mol. The van der Waals surface area contributed by atoms with Crippen LogP contribution in [0.5, 0.6) is 11.5 Å². The fourth-order valence-electron chi connectivity index (χ4n) is 5.00. The van der Waals surface area contributed by atoms with Gasteiger partial charge in [-0.05, 0) is 43.7 Å². The molecule has 8 heteroatoms. The van der Waals surface area contributed by atoms with E-state index < -0.39 is 0 Å². The number of nitrogens with zero attached hydrogens (tertiary/aromatic N) is 3. The number of aromatic nitrogens is 2. The summed E-state index contributed by atoms with van der Waals surface area (Å²) in [7, 11) is 3.18. The van der Waals surface area contributed by atoms with E-state index in [-0.39, 0.29) is 24.3 Å². The first-order valence-electron chi connectivity index (χ1n) is 13.0. The summed E-state index contributed by atoms with van der Waals surface area (Å²) in [5, 5.41) is 2.98. The number of anilines is 1. The van der Waals surface area contributed by atoms with Gasteiger partial charge >= 0.3 is 0 Å². The number of nitrogens with one attached hydrogen (secondary N) is 1. The van der Waals surface area contributed by atoms with Crippen molar-refractivity contribution in [2.45, 2.75) is 38.5 Å². The Morgan fingerprint density at radius 1 is 1.00 bits per heavy atom. The lowest BCUT2D eigenvalue weighted by molar-refractivity contribution is -0.138. The van der Waals surface area contributed by atoms with Crippen LogP contribution in [0.3, 0.4) is 0 Å². The lowest BCUT2D eigenvalue weighted by Crippen LogP contribution is -2.42. The molecule has 1 aromatic heterocycles. The number of ether oxygens (including phenoxy) is 2. The first-order valence-corrected chi connectivity index (χ1v) is 13.0. The van der Waals surface area contributed by atoms with Crippen molar-refractivity contribution in [3.05, 3.63) is 54.7 Å². The molecule has 0 atom stereocenters. The van der Waals surface area contributed by atoms with Crippen LogP contribution in [0.2, 0.25) is 0 Å². The standard InChI is InChI=1S/C29H34N4O4/c1-36-25-15-14-23(16-26(25)37-2)33-18-24(21-8-4-3-5-9-21)30-29(33)31-27(34)19-32(17-20-12-13-20)28(35)22-10-6-7-11-22/h3-5,8-9,14-16,18,20,22H,6-7,10-13,17,19H2,1-2H3,(H,30,31,34). The summed E-state index contributed by atoms with van der Waals surface area (Å²) in [5.41, 5.74) is 2.42. The van der Waals surface area contributed by atoms with Crippen molar-refractivity contribution >= 4 is 17.8 Å². The van der Waals surface area contributed by atoms with Gasteiger partial charge in [0.15, 0.2) is 11.5 Å². The molecule has 0 unspecified atom stereocenters. The monoisotopic (exact) mass is 502 g/mol. The molecule has 0 bridgehead atoms. The molecule has 1 heterocycles. The maximum absolute atomic E-state index is 13.3. The second kappa shape index (κ2) is 11.1. The van der Waals surface area contributed by atoms with E-state index in [0.29, 0.717) is 29.9 Å². The van der Waals surface area contributed by atoms with Gasteiger partial charge in [0.25, 0.3) is 0 Å². The third-order valence-electron chi connectivity index (χ3n) is 7.20. The Morgan fingerprint density at radius 2 is 1.73 bits per heavy atom. The summed E-state index contributed by atoms with van der Waals surface area (Å²) >= 11 is 0. The lowest BCUT2D eigenvalue weighted by Gasteiger charge is -2.25. The summed E-state index contributed by atoms with van der Waals surface area (Å²) in [6.07, 6.45) is 8.16. The van der Waals surface area contributed by atoms with Crippen molar-refractivity contribution in [2.24, 2.45) is 11.8 Å². The number of amides is 2. The normalized spacial score (nSPS) is 15.4. The molecule has 0 radical (unpaired) electrons. The number of hydrogen-bond acceptors (Lipinski definition) is 5. The predicted octanol–water partition coefficient (Wildman–Crippen LogP) is 4.92. The zero-order valence-electron chi connectivity index (χ0n) is 21.5. The third kappa shape index (κ3) is 5.79. The van der Waals surface area contributed by atoms with E-state index in [4.69, 9.17) is 14.5 Å². The number of carbonyl (C=O) groups is 2. The second-order valence-electron chi connectivity index (χ2n) is 9.92. The highest BCUT2D eigenvalue weighted by Crippen LogP contribution is 2.33. The van der Waals surface area contributed by atoms with Crippen molar-refractivity contribution in [3.8, 4) is 28.4 Å². The van der Waals surface area contributed by atoms with Crippen LogP contribution in [-0.4, -0.2) is 53.6 Å². The van der Waals surface area contributed by atoms with Gasteiger partial charge in [-0.15, -0.1) is 0 Å². The van der Waals surface area contributed by atoms with Crippen molar-refractivity contribution in [2.75, 3.05) is 32.6 Å². The largest absolute Gasteiger partial charge is 0.493 e. The van der Waals surface area contributed by atoms with Gasteiger partial charge in [0.05, 0.1) is 32.1 Å². The minimum Gasteiger partial charge on any atom is -0.493 e. The molecule has 0 aliphatic heterocycles. The van der Waals surface area contributed by atoms with Gasteiger partial charge in [-0.1, -0.05) is 43.2 Å². The molecule has 0 saturated heterocycles. The SMILES string of the molecule is COc1ccc(-n2cc(-c3ccccc3)nc2NC(=O)CN(CC2CC2)C(=O)C2CCCC2)cc1OC. The summed E-state index contributed by atoms with van der Waals surface area (Å²) in [6.45, 7) is 0.688. The third-order valence-corrected chi connectivity index (χ3v) is 7.20. The Balaban J connectivity index is 1.42. The van der Waals surface area contributed by atoms with Gasteiger partial charge in [0.1, 0.15) is 0 Å². The van der Waals surface area contributed by atoms with Gasteiger partial charge in [0.2, 0.25) is 17.8 Å². The molecular formula is C29H34N4O4. The molecular weight excluding hydrogens is 468 g/mol. The summed E-state index contributed by atoms with van der Waals surface area (Å²) in [4.78, 5) is 33.0. The fraction of sp³-hybridized carbons (Fsp3) is 0.414. The number of hydrogen-bond donors (Lipinski definition) is 1. The molecule has 37 heavy (non-hydrogen) atoms. The minimum atomic E-state index is -0.251. The number of imidazole rings is 1. The van der Waals surface area contributed by atoms with E-state index in [9.17, 15) is 9.59 Å². The van der Waals surface area contributed by atoms with Crippen LogP contribution in [0.4, 0.5) is 5.95 Å². The van der Waals surface area contributed by atoms with Crippen LogP contribution in [0.15, 0.2) is 54.7 Å². The van der Waals surface area contributed by atoms with Crippen LogP contribution in [0.25, 0.3) is 16.9 Å². The molecule has 3 aromatic rings. The molecule has 5 rings (SSSR count). The van der Waals surface area contributed by atoms with Crippen molar-refractivity contribution < 1.29 is 19.1 Å². The highest BCUT2D eigenvalue weighted by atomic mass is 16.5. The van der Waals surface area contributed by atoms with Crippen molar-refractivity contribution in [3.63, 3.8) is 0 Å². The molecule has 1 N–H and O–H groups in total. The van der Waals surface area contributed by atoms with Crippen LogP contribution >= 0.6 is 0 Å². The zero-order chi connectivity index (χ0) is 25.8.